The van der Waals surface area contributed by atoms with Crippen molar-refractivity contribution in [3.8, 4) is 11.5 Å². The number of likely N-dealkylation sites (N-methyl/N-ethyl adjacent to an activating group) is 1. The van der Waals surface area contributed by atoms with Crippen LogP contribution in [-0.4, -0.2) is 50.1 Å². The molecule has 4 rings (SSSR count). The van der Waals surface area contributed by atoms with Crippen LogP contribution in [0.3, 0.4) is 0 Å². The second-order valence-electron chi connectivity index (χ2n) is 7.44. The van der Waals surface area contributed by atoms with Crippen LogP contribution >= 0.6 is 12.2 Å². The molecule has 1 saturated heterocycles. The summed E-state index contributed by atoms with van der Waals surface area (Å²) < 4.78 is 10.6. The molecule has 1 fully saturated rings. The van der Waals surface area contributed by atoms with Crippen LogP contribution in [0.1, 0.15) is 17.2 Å². The number of fused-ring (bicyclic) bond motifs is 1. The quantitative estimate of drug-likeness (QED) is 0.783. The number of likely N-dealkylation sites (tertiary alicyclic amines) is 1. The van der Waals surface area contributed by atoms with Crippen LogP contribution in [0.25, 0.3) is 6.08 Å². The van der Waals surface area contributed by atoms with Crippen molar-refractivity contribution in [2.75, 3.05) is 34.4 Å². The van der Waals surface area contributed by atoms with Crippen molar-refractivity contribution >= 4 is 29.1 Å². The van der Waals surface area contributed by atoms with E-state index in [0.29, 0.717) is 5.11 Å². The molecule has 2 aliphatic rings. The summed E-state index contributed by atoms with van der Waals surface area (Å²) in [5, 5.41) is 3.97. The van der Waals surface area contributed by atoms with Gasteiger partial charge in [-0.25, -0.2) is 4.99 Å². The van der Waals surface area contributed by atoms with E-state index < -0.39 is 0 Å². The van der Waals surface area contributed by atoms with Gasteiger partial charge in [0.2, 0.25) is 0 Å². The van der Waals surface area contributed by atoms with Gasteiger partial charge in [-0.05, 0) is 66.3 Å². The number of hydrogen-bond acceptors (Lipinski definition) is 4. The SMILES string of the molecule is COc1ccc(/C=C2/CN(C)CC3C2=NC(=S)NC3c2ccc(OC)cc2)cc1. The van der Waals surface area contributed by atoms with Crippen LogP contribution in [0.5, 0.6) is 11.5 Å². The van der Waals surface area contributed by atoms with Gasteiger partial charge < -0.3 is 19.7 Å². The molecular weight excluding hydrogens is 382 g/mol. The molecule has 2 heterocycles. The van der Waals surface area contributed by atoms with Gasteiger partial charge in [0.05, 0.1) is 26.0 Å². The van der Waals surface area contributed by atoms with Crippen LogP contribution in [0.15, 0.2) is 59.1 Å². The third-order valence-electron chi connectivity index (χ3n) is 5.46. The standard InChI is InChI=1S/C23H25N3O2S/c1-26-13-17(12-15-4-8-18(27-2)9-5-15)22-20(14-26)21(24-23(29)25-22)16-6-10-19(28-3)11-7-16/h4-12,20-21H,13-14H2,1-3H3,(H,24,29)/b17-12-. The van der Waals surface area contributed by atoms with E-state index in [4.69, 9.17) is 26.7 Å². The minimum Gasteiger partial charge on any atom is -0.497 e. The van der Waals surface area contributed by atoms with Crippen LogP contribution in [0.4, 0.5) is 0 Å². The highest BCUT2D eigenvalue weighted by Gasteiger charge is 2.37. The van der Waals surface area contributed by atoms with E-state index in [-0.39, 0.29) is 12.0 Å². The van der Waals surface area contributed by atoms with Gasteiger partial charge in [0.1, 0.15) is 11.5 Å². The summed E-state index contributed by atoms with van der Waals surface area (Å²) in [5.74, 6) is 1.92. The molecule has 0 spiro atoms. The molecule has 2 atom stereocenters. The van der Waals surface area contributed by atoms with E-state index in [0.717, 1.165) is 35.9 Å². The summed E-state index contributed by atoms with van der Waals surface area (Å²) >= 11 is 5.50. The lowest BCUT2D eigenvalue weighted by molar-refractivity contribution is 0.286. The molecule has 0 saturated carbocycles. The third kappa shape index (κ3) is 4.18. The van der Waals surface area contributed by atoms with Crippen LogP contribution in [-0.2, 0) is 0 Å². The van der Waals surface area contributed by atoms with Crippen LogP contribution in [0, 0.1) is 5.92 Å². The molecule has 0 bridgehead atoms. The molecule has 5 nitrogen and oxygen atoms in total. The summed E-state index contributed by atoms with van der Waals surface area (Å²) in [6, 6.07) is 16.4. The maximum absolute atomic E-state index is 5.50. The molecule has 2 aromatic carbocycles. The first-order valence-electron chi connectivity index (χ1n) is 9.64. The lowest BCUT2D eigenvalue weighted by atomic mass is 9.81. The normalized spacial score (nSPS) is 23.2. The highest BCUT2D eigenvalue weighted by Crippen LogP contribution is 2.34. The van der Waals surface area contributed by atoms with Gasteiger partial charge in [-0.2, -0.15) is 0 Å². The first-order valence-corrected chi connectivity index (χ1v) is 10.0. The van der Waals surface area contributed by atoms with Crippen molar-refractivity contribution in [2.45, 2.75) is 6.04 Å². The Morgan fingerprint density at radius 1 is 1.03 bits per heavy atom. The Hall–Kier alpha value is -2.70. The largest absolute Gasteiger partial charge is 0.497 e. The third-order valence-corrected chi connectivity index (χ3v) is 5.67. The Morgan fingerprint density at radius 3 is 2.28 bits per heavy atom. The number of aliphatic imine (C=N–C) groups is 1. The number of ether oxygens (including phenoxy) is 2. The monoisotopic (exact) mass is 407 g/mol. The second kappa shape index (κ2) is 8.35. The van der Waals surface area contributed by atoms with Crippen molar-refractivity contribution < 1.29 is 9.47 Å². The lowest BCUT2D eigenvalue weighted by Crippen LogP contribution is -2.50. The summed E-state index contributed by atoms with van der Waals surface area (Å²) in [6.07, 6.45) is 2.21. The van der Waals surface area contributed by atoms with E-state index in [1.807, 2.05) is 24.3 Å². The summed E-state index contributed by atoms with van der Waals surface area (Å²) in [4.78, 5) is 7.09. The number of nitrogens with one attached hydrogen (secondary N) is 1. The van der Waals surface area contributed by atoms with E-state index >= 15 is 0 Å². The van der Waals surface area contributed by atoms with E-state index in [1.165, 1.54) is 11.1 Å². The fraction of sp³-hybridized carbons (Fsp3) is 0.304. The highest BCUT2D eigenvalue weighted by atomic mass is 32.1. The number of methoxy groups -OCH3 is 2. The zero-order chi connectivity index (χ0) is 20.4. The van der Waals surface area contributed by atoms with Crippen molar-refractivity contribution in [1.82, 2.24) is 10.2 Å². The molecule has 6 heteroatoms. The lowest BCUT2D eigenvalue weighted by Gasteiger charge is -2.41. The Kier molecular flexibility index (Phi) is 5.65. The predicted octanol–water partition coefficient (Wildman–Crippen LogP) is 3.72. The number of benzene rings is 2. The van der Waals surface area contributed by atoms with Crippen molar-refractivity contribution in [2.24, 2.45) is 10.9 Å². The fourth-order valence-electron chi connectivity index (χ4n) is 4.04. The summed E-state index contributed by atoms with van der Waals surface area (Å²) in [5.41, 5.74) is 4.60. The van der Waals surface area contributed by atoms with Crippen molar-refractivity contribution in [3.63, 3.8) is 0 Å². The summed E-state index contributed by atoms with van der Waals surface area (Å²) in [7, 11) is 5.51. The first-order chi connectivity index (χ1) is 14.1. The molecule has 2 aromatic rings. The maximum atomic E-state index is 5.50. The number of hydrogen-bond donors (Lipinski definition) is 1. The molecule has 150 valence electrons. The Morgan fingerprint density at radius 2 is 1.66 bits per heavy atom. The molecular formula is C23H25N3O2S. The zero-order valence-electron chi connectivity index (χ0n) is 16.9. The molecule has 2 unspecified atom stereocenters. The molecule has 29 heavy (non-hydrogen) atoms. The van der Waals surface area contributed by atoms with Crippen molar-refractivity contribution in [1.29, 1.82) is 0 Å². The zero-order valence-corrected chi connectivity index (χ0v) is 17.7. The van der Waals surface area contributed by atoms with Gasteiger partial charge >= 0.3 is 0 Å². The van der Waals surface area contributed by atoms with Crippen molar-refractivity contribution in [3.05, 3.63) is 65.2 Å². The molecule has 0 amide bonds. The number of nitrogens with zero attached hydrogens (tertiary/aromatic N) is 2. The van der Waals surface area contributed by atoms with Gasteiger partial charge in [-0.15, -0.1) is 0 Å². The predicted molar refractivity (Wildman–Crippen MR) is 121 cm³/mol. The molecule has 1 N–H and O–H groups in total. The topological polar surface area (TPSA) is 46.1 Å². The fourth-order valence-corrected chi connectivity index (χ4v) is 4.26. The first kappa shape index (κ1) is 19.6. The molecule has 0 aliphatic carbocycles. The highest BCUT2D eigenvalue weighted by molar-refractivity contribution is 7.80. The minimum absolute atomic E-state index is 0.0860. The molecule has 0 radical (unpaired) electrons. The minimum atomic E-state index is 0.0860. The average molecular weight is 408 g/mol. The number of rotatable bonds is 4. The average Bonchev–Trinajstić information content (AvgIpc) is 2.74. The smallest absolute Gasteiger partial charge is 0.193 e. The van der Waals surface area contributed by atoms with Crippen LogP contribution in [0.2, 0.25) is 0 Å². The number of piperidine rings is 1. The molecule has 0 aromatic heterocycles. The van der Waals surface area contributed by atoms with Crippen LogP contribution < -0.4 is 14.8 Å². The number of thiocarbonyl (C=S) groups is 1. The maximum Gasteiger partial charge on any atom is 0.193 e. The van der Waals surface area contributed by atoms with Gasteiger partial charge in [0, 0.05) is 19.0 Å². The van der Waals surface area contributed by atoms with Gasteiger partial charge in [0.25, 0.3) is 0 Å². The Labute approximate surface area is 177 Å². The molecule has 2 aliphatic heterocycles. The van der Waals surface area contributed by atoms with E-state index in [1.54, 1.807) is 14.2 Å². The van der Waals surface area contributed by atoms with Gasteiger partial charge in [-0.1, -0.05) is 24.3 Å². The summed E-state index contributed by atoms with van der Waals surface area (Å²) in [6.45, 7) is 1.77. The second-order valence-corrected chi connectivity index (χ2v) is 7.83. The van der Waals surface area contributed by atoms with E-state index in [9.17, 15) is 0 Å². The Balaban J connectivity index is 1.69. The Bertz CT molecular complexity index is 951. The van der Waals surface area contributed by atoms with Gasteiger partial charge in [0.15, 0.2) is 5.11 Å². The van der Waals surface area contributed by atoms with E-state index in [2.05, 4.69) is 47.6 Å². The van der Waals surface area contributed by atoms with Gasteiger partial charge in [-0.3, -0.25) is 0 Å².